The number of nitrogen functional groups attached to an aromatic ring is 1. The van der Waals surface area contributed by atoms with Crippen LogP contribution in [0.2, 0.25) is 0 Å². The maximum atomic E-state index is 5.51. The molecular weight excluding hydrogens is 204 g/mol. The Labute approximate surface area is 95.6 Å². The van der Waals surface area contributed by atoms with Crippen LogP contribution in [0.4, 0.5) is 11.6 Å². The second kappa shape index (κ2) is 4.65. The number of aromatic nitrogens is 2. The zero-order valence-electron chi connectivity index (χ0n) is 9.76. The molecule has 0 radical (unpaired) electrons. The summed E-state index contributed by atoms with van der Waals surface area (Å²) in [5.74, 6) is 1.93. The van der Waals surface area contributed by atoms with E-state index in [1.165, 1.54) is 0 Å². The molecule has 2 rings (SSSR count). The van der Waals surface area contributed by atoms with Gasteiger partial charge in [0, 0.05) is 20.2 Å². The average Bonchev–Trinajstić information content (AvgIpc) is 2.31. The zero-order valence-corrected chi connectivity index (χ0v) is 9.76. The van der Waals surface area contributed by atoms with E-state index in [4.69, 9.17) is 10.5 Å². The number of hydrogen-bond donors (Lipinski definition) is 1. The van der Waals surface area contributed by atoms with Crippen LogP contribution < -0.4 is 10.6 Å². The van der Waals surface area contributed by atoms with Crippen LogP contribution in [0.25, 0.3) is 0 Å². The van der Waals surface area contributed by atoms with Crippen molar-refractivity contribution < 1.29 is 4.74 Å². The van der Waals surface area contributed by atoms with Crippen LogP contribution in [-0.4, -0.2) is 36.5 Å². The van der Waals surface area contributed by atoms with Crippen LogP contribution in [-0.2, 0) is 4.74 Å². The molecule has 88 valence electrons. The highest BCUT2D eigenvalue weighted by atomic mass is 16.5. The SMILES string of the molecule is COC1CN(c2ccc(N)nn2)CCC1C. The van der Waals surface area contributed by atoms with Crippen LogP contribution in [0.5, 0.6) is 0 Å². The second-order valence-electron chi connectivity index (χ2n) is 4.30. The first-order valence-corrected chi connectivity index (χ1v) is 5.57. The topological polar surface area (TPSA) is 64.3 Å². The van der Waals surface area contributed by atoms with E-state index in [0.29, 0.717) is 11.7 Å². The number of methoxy groups -OCH3 is 1. The predicted molar refractivity (Wildman–Crippen MR) is 63.2 cm³/mol. The first-order valence-electron chi connectivity index (χ1n) is 5.57. The summed E-state index contributed by atoms with van der Waals surface area (Å²) in [6, 6.07) is 3.69. The van der Waals surface area contributed by atoms with E-state index in [1.807, 2.05) is 6.07 Å². The number of ether oxygens (including phenoxy) is 1. The van der Waals surface area contributed by atoms with Crippen molar-refractivity contribution in [3.8, 4) is 0 Å². The van der Waals surface area contributed by atoms with Gasteiger partial charge in [0.1, 0.15) is 5.82 Å². The Morgan fingerprint density at radius 3 is 2.88 bits per heavy atom. The molecule has 5 nitrogen and oxygen atoms in total. The Bertz CT molecular complexity index is 340. The molecule has 0 aliphatic carbocycles. The summed E-state index contributed by atoms with van der Waals surface area (Å²) in [4.78, 5) is 2.20. The lowest BCUT2D eigenvalue weighted by atomic mass is 9.96. The standard InChI is InChI=1S/C11H18N4O/c1-8-5-6-15(7-9(8)16-2)11-4-3-10(12)13-14-11/h3-4,8-9H,5-7H2,1-2H3,(H2,12,13). The molecule has 1 aliphatic heterocycles. The van der Waals surface area contributed by atoms with Gasteiger partial charge in [0.2, 0.25) is 0 Å². The number of hydrogen-bond acceptors (Lipinski definition) is 5. The third-order valence-electron chi connectivity index (χ3n) is 3.19. The Kier molecular flexibility index (Phi) is 3.24. The lowest BCUT2D eigenvalue weighted by Crippen LogP contribution is -2.44. The van der Waals surface area contributed by atoms with Gasteiger partial charge < -0.3 is 15.4 Å². The fourth-order valence-electron chi connectivity index (χ4n) is 2.05. The lowest BCUT2D eigenvalue weighted by molar-refractivity contribution is 0.0496. The summed E-state index contributed by atoms with van der Waals surface area (Å²) in [6.45, 7) is 4.09. The predicted octanol–water partition coefficient (Wildman–Crippen LogP) is 0.920. The van der Waals surface area contributed by atoms with Crippen LogP contribution in [0.3, 0.4) is 0 Å². The number of nitrogens with zero attached hydrogens (tertiary/aromatic N) is 3. The maximum Gasteiger partial charge on any atom is 0.151 e. The summed E-state index contributed by atoms with van der Waals surface area (Å²) >= 11 is 0. The molecule has 2 unspecified atom stereocenters. The summed E-state index contributed by atoms with van der Waals surface area (Å²) in [7, 11) is 1.76. The van der Waals surface area contributed by atoms with Crippen LogP contribution in [0.1, 0.15) is 13.3 Å². The fraction of sp³-hybridized carbons (Fsp3) is 0.636. The van der Waals surface area contributed by atoms with Gasteiger partial charge in [-0.15, -0.1) is 10.2 Å². The fourth-order valence-corrected chi connectivity index (χ4v) is 2.05. The van der Waals surface area contributed by atoms with Gasteiger partial charge in [-0.3, -0.25) is 0 Å². The van der Waals surface area contributed by atoms with Crippen molar-refractivity contribution in [1.29, 1.82) is 0 Å². The molecule has 1 aromatic rings. The zero-order chi connectivity index (χ0) is 11.5. The number of anilines is 2. The molecule has 0 saturated carbocycles. The smallest absolute Gasteiger partial charge is 0.151 e. The van der Waals surface area contributed by atoms with Crippen molar-refractivity contribution >= 4 is 11.6 Å². The van der Waals surface area contributed by atoms with Gasteiger partial charge in [0.15, 0.2) is 5.82 Å². The normalized spacial score (nSPS) is 25.8. The van der Waals surface area contributed by atoms with Gasteiger partial charge in [-0.1, -0.05) is 6.92 Å². The number of piperidine rings is 1. The lowest BCUT2D eigenvalue weighted by Gasteiger charge is -2.36. The van der Waals surface area contributed by atoms with Crippen molar-refractivity contribution in [3.05, 3.63) is 12.1 Å². The highest BCUT2D eigenvalue weighted by molar-refractivity contribution is 5.41. The Hall–Kier alpha value is -1.36. The number of rotatable bonds is 2. The van der Waals surface area contributed by atoms with Gasteiger partial charge in [0.05, 0.1) is 6.10 Å². The van der Waals surface area contributed by atoms with Gasteiger partial charge in [-0.05, 0) is 24.5 Å². The molecule has 5 heteroatoms. The molecule has 1 aromatic heterocycles. The van der Waals surface area contributed by atoms with Crippen molar-refractivity contribution in [2.75, 3.05) is 30.8 Å². The Balaban J connectivity index is 2.08. The highest BCUT2D eigenvalue weighted by Gasteiger charge is 2.26. The van der Waals surface area contributed by atoms with E-state index >= 15 is 0 Å². The molecule has 1 saturated heterocycles. The molecule has 16 heavy (non-hydrogen) atoms. The van der Waals surface area contributed by atoms with E-state index in [-0.39, 0.29) is 6.10 Å². The average molecular weight is 222 g/mol. The Morgan fingerprint density at radius 1 is 1.44 bits per heavy atom. The first kappa shape index (κ1) is 11.1. The summed E-state index contributed by atoms with van der Waals surface area (Å²) in [6.07, 6.45) is 1.39. The van der Waals surface area contributed by atoms with Gasteiger partial charge in [-0.25, -0.2) is 0 Å². The van der Waals surface area contributed by atoms with Crippen LogP contribution in [0, 0.1) is 5.92 Å². The molecule has 2 N–H and O–H groups in total. The summed E-state index contributed by atoms with van der Waals surface area (Å²) in [5.41, 5.74) is 5.51. The monoisotopic (exact) mass is 222 g/mol. The molecule has 2 heterocycles. The molecule has 1 aliphatic rings. The minimum Gasteiger partial charge on any atom is -0.382 e. The molecule has 0 spiro atoms. The largest absolute Gasteiger partial charge is 0.382 e. The molecule has 0 aromatic carbocycles. The molecule has 0 bridgehead atoms. The van der Waals surface area contributed by atoms with E-state index in [1.54, 1.807) is 13.2 Å². The third-order valence-corrected chi connectivity index (χ3v) is 3.19. The van der Waals surface area contributed by atoms with Crippen molar-refractivity contribution in [2.24, 2.45) is 5.92 Å². The third kappa shape index (κ3) is 2.24. The van der Waals surface area contributed by atoms with E-state index < -0.39 is 0 Å². The molecule has 0 amide bonds. The molecular formula is C11H18N4O. The van der Waals surface area contributed by atoms with Crippen LogP contribution >= 0.6 is 0 Å². The van der Waals surface area contributed by atoms with E-state index in [0.717, 1.165) is 25.3 Å². The van der Waals surface area contributed by atoms with Gasteiger partial charge >= 0.3 is 0 Å². The number of nitrogens with two attached hydrogens (primary N) is 1. The summed E-state index contributed by atoms with van der Waals surface area (Å²) in [5, 5.41) is 7.96. The quantitative estimate of drug-likeness (QED) is 0.806. The molecule has 2 atom stereocenters. The van der Waals surface area contributed by atoms with E-state index in [9.17, 15) is 0 Å². The minimum absolute atomic E-state index is 0.271. The van der Waals surface area contributed by atoms with Crippen molar-refractivity contribution in [1.82, 2.24) is 10.2 Å². The van der Waals surface area contributed by atoms with Crippen molar-refractivity contribution in [3.63, 3.8) is 0 Å². The van der Waals surface area contributed by atoms with Gasteiger partial charge in [-0.2, -0.15) is 0 Å². The maximum absolute atomic E-state index is 5.51. The van der Waals surface area contributed by atoms with E-state index in [2.05, 4.69) is 22.0 Å². The minimum atomic E-state index is 0.271. The van der Waals surface area contributed by atoms with Crippen molar-refractivity contribution in [2.45, 2.75) is 19.4 Å². The Morgan fingerprint density at radius 2 is 2.25 bits per heavy atom. The first-order chi connectivity index (χ1) is 7.70. The molecule has 1 fully saturated rings. The summed E-state index contributed by atoms with van der Waals surface area (Å²) < 4.78 is 5.46. The van der Waals surface area contributed by atoms with Gasteiger partial charge in [0.25, 0.3) is 0 Å². The van der Waals surface area contributed by atoms with Crippen LogP contribution in [0.15, 0.2) is 12.1 Å². The highest BCUT2D eigenvalue weighted by Crippen LogP contribution is 2.23. The second-order valence-corrected chi connectivity index (χ2v) is 4.30.